The van der Waals surface area contributed by atoms with Crippen molar-refractivity contribution in [1.29, 1.82) is 0 Å². The molecule has 6 heteroatoms. The molecule has 0 saturated carbocycles. The van der Waals surface area contributed by atoms with Crippen molar-refractivity contribution in [3.8, 4) is 0 Å². The van der Waals surface area contributed by atoms with Crippen LogP contribution in [0.2, 0.25) is 5.15 Å². The average Bonchev–Trinajstić information content (AvgIpc) is 3.22. The van der Waals surface area contributed by atoms with Gasteiger partial charge in [-0.15, -0.1) is 0 Å². The first kappa shape index (κ1) is 17.7. The van der Waals surface area contributed by atoms with Crippen LogP contribution in [0.1, 0.15) is 29.7 Å². The fourth-order valence-electron chi connectivity index (χ4n) is 2.77. The third-order valence-electron chi connectivity index (χ3n) is 4.11. The molecule has 5 nitrogen and oxygen atoms in total. The molecule has 0 N–H and O–H groups in total. The summed E-state index contributed by atoms with van der Waals surface area (Å²) in [5.74, 6) is -0.401. The molecule has 1 atom stereocenters. The van der Waals surface area contributed by atoms with E-state index in [1.165, 1.54) is 6.08 Å². The molecule has 3 rings (SSSR count). The van der Waals surface area contributed by atoms with Gasteiger partial charge >= 0.3 is 5.97 Å². The number of carbonyl (C=O) groups is 1. The van der Waals surface area contributed by atoms with Crippen molar-refractivity contribution in [2.75, 3.05) is 13.2 Å². The molecular formula is C19H21ClN2O3. The monoisotopic (exact) mass is 360 g/mol. The molecule has 0 radical (unpaired) electrons. The van der Waals surface area contributed by atoms with Gasteiger partial charge in [0, 0.05) is 18.2 Å². The Morgan fingerprint density at radius 2 is 2.24 bits per heavy atom. The number of halogens is 1. The van der Waals surface area contributed by atoms with E-state index in [-0.39, 0.29) is 6.10 Å². The maximum atomic E-state index is 11.9. The lowest BCUT2D eigenvalue weighted by Crippen LogP contribution is -2.16. The quantitative estimate of drug-likeness (QED) is 0.583. The lowest BCUT2D eigenvalue weighted by Gasteiger charge is -2.08. The smallest absolute Gasteiger partial charge is 0.330 e. The Morgan fingerprint density at radius 3 is 2.96 bits per heavy atom. The topological polar surface area (TPSA) is 53.4 Å². The summed E-state index contributed by atoms with van der Waals surface area (Å²) in [4.78, 5) is 11.9. The van der Waals surface area contributed by atoms with E-state index in [0.29, 0.717) is 18.3 Å². The SMILES string of the molecule is Cc1nn(Cc2ccccc2)c(Cl)c1/C=C/C(=O)OCC1CCCO1. The Kier molecular flexibility index (Phi) is 5.89. The molecule has 1 unspecified atom stereocenters. The van der Waals surface area contributed by atoms with E-state index in [4.69, 9.17) is 21.1 Å². The molecule has 0 bridgehead atoms. The maximum absolute atomic E-state index is 11.9. The number of aryl methyl sites for hydroxylation is 1. The second-order valence-corrected chi connectivity index (χ2v) is 6.39. The summed E-state index contributed by atoms with van der Waals surface area (Å²) in [5, 5.41) is 4.96. The Balaban J connectivity index is 1.62. The molecule has 25 heavy (non-hydrogen) atoms. The van der Waals surface area contributed by atoms with Crippen LogP contribution in [0.5, 0.6) is 0 Å². The summed E-state index contributed by atoms with van der Waals surface area (Å²) in [5.41, 5.74) is 2.61. The van der Waals surface area contributed by atoms with Crippen molar-refractivity contribution in [1.82, 2.24) is 9.78 Å². The zero-order valence-corrected chi connectivity index (χ0v) is 14.9. The third-order valence-corrected chi connectivity index (χ3v) is 4.50. The molecule has 0 aliphatic carbocycles. The molecule has 1 aromatic carbocycles. The normalized spacial score (nSPS) is 17.3. The van der Waals surface area contributed by atoms with Gasteiger partial charge in [0.15, 0.2) is 0 Å². The van der Waals surface area contributed by atoms with E-state index in [1.807, 2.05) is 37.3 Å². The van der Waals surface area contributed by atoms with Gasteiger partial charge in [-0.1, -0.05) is 41.9 Å². The largest absolute Gasteiger partial charge is 0.460 e. The number of carbonyl (C=O) groups excluding carboxylic acids is 1. The summed E-state index contributed by atoms with van der Waals surface area (Å²) in [6.07, 6.45) is 5.03. The van der Waals surface area contributed by atoms with Crippen LogP contribution in [0, 0.1) is 6.92 Å². The minimum Gasteiger partial charge on any atom is -0.460 e. The highest BCUT2D eigenvalue weighted by molar-refractivity contribution is 6.31. The second kappa shape index (κ2) is 8.32. The summed E-state index contributed by atoms with van der Waals surface area (Å²) in [7, 11) is 0. The molecule has 1 aliphatic heterocycles. The van der Waals surface area contributed by atoms with Gasteiger partial charge in [-0.05, 0) is 31.4 Å². The van der Waals surface area contributed by atoms with Gasteiger partial charge < -0.3 is 9.47 Å². The Hall–Kier alpha value is -2.11. The maximum Gasteiger partial charge on any atom is 0.330 e. The van der Waals surface area contributed by atoms with Crippen LogP contribution in [-0.2, 0) is 20.8 Å². The molecule has 1 aliphatic rings. The van der Waals surface area contributed by atoms with Crippen molar-refractivity contribution >= 4 is 23.6 Å². The van der Waals surface area contributed by atoms with Gasteiger partial charge in [-0.3, -0.25) is 0 Å². The molecule has 1 aromatic heterocycles. The summed E-state index contributed by atoms with van der Waals surface area (Å²) >= 11 is 6.42. The number of hydrogen-bond donors (Lipinski definition) is 0. The summed E-state index contributed by atoms with van der Waals surface area (Å²) in [6, 6.07) is 9.96. The van der Waals surface area contributed by atoms with Crippen LogP contribution < -0.4 is 0 Å². The molecule has 1 saturated heterocycles. The van der Waals surface area contributed by atoms with Gasteiger partial charge in [0.05, 0.1) is 18.3 Å². The van der Waals surface area contributed by atoms with E-state index in [2.05, 4.69) is 5.10 Å². The minimum atomic E-state index is -0.401. The molecule has 1 fully saturated rings. The van der Waals surface area contributed by atoms with E-state index in [0.717, 1.165) is 36.3 Å². The highest BCUT2D eigenvalue weighted by Crippen LogP contribution is 2.22. The van der Waals surface area contributed by atoms with Crippen LogP contribution in [0.25, 0.3) is 6.08 Å². The number of rotatable bonds is 6. The van der Waals surface area contributed by atoms with Crippen molar-refractivity contribution in [2.45, 2.75) is 32.4 Å². The Bertz CT molecular complexity index is 750. The van der Waals surface area contributed by atoms with E-state index in [1.54, 1.807) is 10.8 Å². The van der Waals surface area contributed by atoms with Gasteiger partial charge in [0.2, 0.25) is 0 Å². The second-order valence-electron chi connectivity index (χ2n) is 6.03. The van der Waals surface area contributed by atoms with Gasteiger partial charge in [0.25, 0.3) is 0 Å². The summed E-state index contributed by atoms with van der Waals surface area (Å²) in [6.45, 7) is 3.49. The molecule has 2 heterocycles. The standard InChI is InChI=1S/C19H21ClN2O3/c1-14-17(9-10-18(23)25-13-16-8-5-11-24-16)19(20)22(21-14)12-15-6-3-2-4-7-15/h2-4,6-7,9-10,16H,5,8,11-13H2,1H3/b10-9+. The number of hydrogen-bond acceptors (Lipinski definition) is 4. The van der Waals surface area contributed by atoms with Gasteiger partial charge in [-0.2, -0.15) is 5.10 Å². The van der Waals surface area contributed by atoms with Crippen molar-refractivity contribution < 1.29 is 14.3 Å². The van der Waals surface area contributed by atoms with Crippen molar-refractivity contribution in [2.24, 2.45) is 0 Å². The number of esters is 1. The number of aromatic nitrogens is 2. The van der Waals surface area contributed by atoms with Crippen LogP contribution >= 0.6 is 11.6 Å². The van der Waals surface area contributed by atoms with Crippen LogP contribution in [0.3, 0.4) is 0 Å². The highest BCUT2D eigenvalue weighted by Gasteiger charge is 2.17. The van der Waals surface area contributed by atoms with Gasteiger partial charge in [0.1, 0.15) is 11.8 Å². The molecule has 132 valence electrons. The first-order valence-corrected chi connectivity index (χ1v) is 8.74. The lowest BCUT2D eigenvalue weighted by atomic mass is 10.2. The minimum absolute atomic E-state index is 0.0243. The van der Waals surface area contributed by atoms with E-state index >= 15 is 0 Å². The van der Waals surface area contributed by atoms with Crippen molar-refractivity contribution in [3.05, 3.63) is 58.4 Å². The van der Waals surface area contributed by atoms with E-state index < -0.39 is 5.97 Å². The number of nitrogens with zero attached hydrogens (tertiary/aromatic N) is 2. The number of benzene rings is 1. The summed E-state index contributed by atoms with van der Waals surface area (Å²) < 4.78 is 12.4. The zero-order valence-electron chi connectivity index (χ0n) is 14.2. The van der Waals surface area contributed by atoms with Crippen LogP contribution in [0.4, 0.5) is 0 Å². The highest BCUT2D eigenvalue weighted by atomic mass is 35.5. The zero-order chi connectivity index (χ0) is 17.6. The fraction of sp³-hybridized carbons (Fsp3) is 0.368. The Morgan fingerprint density at radius 1 is 1.44 bits per heavy atom. The van der Waals surface area contributed by atoms with Gasteiger partial charge in [-0.25, -0.2) is 9.48 Å². The molecular weight excluding hydrogens is 340 g/mol. The predicted molar refractivity (Wildman–Crippen MR) is 96.5 cm³/mol. The molecule has 2 aromatic rings. The average molecular weight is 361 g/mol. The Labute approximate surface area is 152 Å². The van der Waals surface area contributed by atoms with Crippen LogP contribution in [-0.4, -0.2) is 35.1 Å². The third kappa shape index (κ3) is 4.71. The molecule has 0 amide bonds. The van der Waals surface area contributed by atoms with Crippen LogP contribution in [0.15, 0.2) is 36.4 Å². The first-order chi connectivity index (χ1) is 12.1. The fourth-order valence-corrected chi connectivity index (χ4v) is 3.07. The number of ether oxygens (including phenoxy) is 2. The molecule has 0 spiro atoms. The lowest BCUT2D eigenvalue weighted by molar-refractivity contribution is -0.140. The predicted octanol–water partition coefficient (Wildman–Crippen LogP) is 3.63. The first-order valence-electron chi connectivity index (χ1n) is 8.37. The van der Waals surface area contributed by atoms with Crippen molar-refractivity contribution in [3.63, 3.8) is 0 Å². The van der Waals surface area contributed by atoms with E-state index in [9.17, 15) is 4.79 Å².